The van der Waals surface area contributed by atoms with Gasteiger partial charge in [-0.3, -0.25) is 0 Å². The summed E-state index contributed by atoms with van der Waals surface area (Å²) in [5.41, 5.74) is 1.50. The highest BCUT2D eigenvalue weighted by Gasteiger charge is 2.59. The van der Waals surface area contributed by atoms with Gasteiger partial charge < -0.3 is 27.1 Å². The molecule has 6 saturated carbocycles. The van der Waals surface area contributed by atoms with E-state index in [0.29, 0.717) is 71.0 Å². The average Bonchev–Trinajstić information content (AvgIpc) is 3.52. The normalized spacial score (nSPS) is 43.9. The van der Waals surface area contributed by atoms with Crippen LogP contribution in [0.3, 0.4) is 0 Å². The van der Waals surface area contributed by atoms with Crippen molar-refractivity contribution >= 4 is 17.2 Å². The molecule has 6 nitrogen and oxygen atoms in total. The Hall–Kier alpha value is 0.620. The Morgan fingerprint density at radius 3 is 0.658 bits per heavy atom. The third-order valence-electron chi connectivity index (χ3n) is 23.7. The Balaban J connectivity index is 1.19. The molecule has 0 aromatic rings. The highest BCUT2D eigenvalue weighted by atomic mass is 31.2. The highest BCUT2D eigenvalue weighted by Crippen LogP contribution is 2.66. The van der Waals surface area contributed by atoms with Crippen molar-refractivity contribution in [3.63, 3.8) is 0 Å². The second-order valence-corrected chi connectivity index (χ2v) is 38.8. The molecule has 8 fully saturated rings. The van der Waals surface area contributed by atoms with Crippen molar-refractivity contribution in [2.45, 2.75) is 306 Å². The van der Waals surface area contributed by atoms with Crippen molar-refractivity contribution in [3.8, 4) is 0 Å². The lowest BCUT2D eigenvalue weighted by molar-refractivity contribution is -0.138. The molecule has 2 heterocycles. The van der Waals surface area contributed by atoms with E-state index in [1.807, 2.05) is 0 Å². The number of hydrogen-bond acceptors (Lipinski definition) is 6. The lowest BCUT2D eigenvalue weighted by Crippen LogP contribution is -2.55. The van der Waals surface area contributed by atoms with Gasteiger partial charge in [-0.25, -0.2) is 0 Å². The van der Waals surface area contributed by atoms with Crippen molar-refractivity contribution in [2.75, 3.05) is 0 Å². The first-order chi connectivity index (χ1) is 34.7. The molecule has 2 saturated heterocycles. The van der Waals surface area contributed by atoms with E-state index >= 15 is 0 Å². The molecule has 0 aromatic carbocycles. The van der Waals surface area contributed by atoms with Crippen molar-refractivity contribution < 1.29 is 27.1 Å². The average molecular weight is 1100 g/mol. The first-order valence-electron chi connectivity index (χ1n) is 32.3. The van der Waals surface area contributed by atoms with E-state index in [-0.39, 0.29) is 91.8 Å². The summed E-state index contributed by atoms with van der Waals surface area (Å²) >= 11 is 0. The third-order valence-corrected chi connectivity index (χ3v) is 26.3. The summed E-state index contributed by atoms with van der Waals surface area (Å²) in [7, 11) is -3.17. The lowest BCUT2D eigenvalue weighted by atomic mass is 9.52. The molecule has 20 unspecified atom stereocenters. The summed E-state index contributed by atoms with van der Waals surface area (Å²) < 4.78 is 46.6. The van der Waals surface area contributed by atoms with Gasteiger partial charge in [-0.15, -0.1) is 0 Å². The van der Waals surface area contributed by atoms with E-state index in [4.69, 9.17) is 27.1 Å². The molecule has 0 amide bonds. The van der Waals surface area contributed by atoms with Crippen LogP contribution in [0.15, 0.2) is 0 Å². The molecular formula is C68H124O6P2. The van der Waals surface area contributed by atoms with Crippen molar-refractivity contribution in [1.82, 2.24) is 0 Å². The maximum Gasteiger partial charge on any atom is 0.333 e. The Kier molecular flexibility index (Phi) is 18.6. The first kappa shape index (κ1) is 62.7. The van der Waals surface area contributed by atoms with Crippen LogP contribution in [0.4, 0.5) is 0 Å². The number of rotatable bonds is 5. The van der Waals surface area contributed by atoms with Crippen LogP contribution in [0.25, 0.3) is 0 Å². The first-order valence-corrected chi connectivity index (χ1v) is 34.5. The molecule has 0 radical (unpaired) electrons. The predicted molar refractivity (Wildman–Crippen MR) is 321 cm³/mol. The molecule has 20 atom stereocenters. The minimum absolute atomic E-state index is 0.00941. The van der Waals surface area contributed by atoms with E-state index in [9.17, 15) is 0 Å². The zero-order valence-electron chi connectivity index (χ0n) is 54.2. The van der Waals surface area contributed by atoms with Gasteiger partial charge in [0.1, 0.15) is 0 Å². The predicted octanol–water partition coefficient (Wildman–Crippen LogP) is 21.1. The molecule has 6 aliphatic carbocycles. The van der Waals surface area contributed by atoms with Crippen molar-refractivity contribution in [2.24, 2.45) is 126 Å². The van der Waals surface area contributed by atoms with E-state index in [1.54, 1.807) is 0 Å². The van der Waals surface area contributed by atoms with Gasteiger partial charge in [0.2, 0.25) is 0 Å². The van der Waals surface area contributed by atoms with Crippen LogP contribution < -0.4 is 0 Å². The number of fused-ring (bicyclic) bond motifs is 6. The van der Waals surface area contributed by atoms with Crippen LogP contribution >= 0.6 is 17.2 Å². The third kappa shape index (κ3) is 14.2. The molecule has 8 heteroatoms. The Morgan fingerprint density at radius 2 is 0.461 bits per heavy atom. The summed E-state index contributed by atoms with van der Waals surface area (Å²) in [6.45, 7) is 60.0. The second-order valence-electron chi connectivity index (χ2n) is 36.7. The summed E-state index contributed by atoms with van der Waals surface area (Å²) in [5, 5.41) is 0. The summed E-state index contributed by atoms with van der Waals surface area (Å²) in [4.78, 5) is 0. The molecule has 8 rings (SSSR count). The largest absolute Gasteiger partial charge is 0.333 e. The number of hydrogen-bond donors (Lipinski definition) is 0. The van der Waals surface area contributed by atoms with Gasteiger partial charge in [-0.1, -0.05) is 166 Å². The van der Waals surface area contributed by atoms with Gasteiger partial charge in [-0.2, -0.15) is 0 Å². The maximum absolute atomic E-state index is 8.09. The fourth-order valence-electron chi connectivity index (χ4n) is 17.8. The van der Waals surface area contributed by atoms with Gasteiger partial charge in [-0.05, 0) is 229 Å². The Bertz CT molecular complexity index is 1680. The lowest BCUT2D eigenvalue weighted by Gasteiger charge is -2.57. The van der Waals surface area contributed by atoms with Gasteiger partial charge in [0.15, 0.2) is 0 Å². The summed E-state index contributed by atoms with van der Waals surface area (Å²) in [6, 6.07) is 0. The maximum atomic E-state index is 8.09. The zero-order valence-corrected chi connectivity index (χ0v) is 56.0. The van der Waals surface area contributed by atoms with Crippen LogP contribution in [0.2, 0.25) is 0 Å². The van der Waals surface area contributed by atoms with E-state index < -0.39 is 17.2 Å². The van der Waals surface area contributed by atoms with Crippen LogP contribution in [0.1, 0.15) is 269 Å². The van der Waals surface area contributed by atoms with E-state index in [1.165, 1.54) is 51.4 Å². The molecule has 76 heavy (non-hydrogen) atoms. The standard InChI is InChI=1S/C68H124O6P2/c1-61(2,3)41-25-29-55-47(33-41)48-34-42(62(4,5)6)26-30-56(48)70-75(69-55)73-59-51(37-45(65(13,14)15)39-53(59)67(19,20)21)52-38-46(66(16,17)18)40-54(68(22,23)24)60(52)74-76-71-57-31-27-43(63(7,8)9)35-49(57)50-36-44(64(10,11)12)28-32-58(50)72-76/h41-60H,25-40H2,1-24H3. The fourth-order valence-corrected chi connectivity index (χ4v) is 21.0. The topological polar surface area (TPSA) is 55.4 Å². The molecule has 0 N–H and O–H groups in total. The monoisotopic (exact) mass is 1100 g/mol. The van der Waals surface area contributed by atoms with Gasteiger partial charge in [0.25, 0.3) is 0 Å². The minimum atomic E-state index is -1.59. The van der Waals surface area contributed by atoms with Crippen LogP contribution in [0, 0.1) is 126 Å². The van der Waals surface area contributed by atoms with Gasteiger partial charge in [0, 0.05) is 0 Å². The quantitative estimate of drug-likeness (QED) is 0.256. The Morgan fingerprint density at radius 1 is 0.250 bits per heavy atom. The zero-order chi connectivity index (χ0) is 56.3. The minimum Gasteiger partial charge on any atom is -0.309 e. The molecule has 0 aromatic heterocycles. The second kappa shape index (κ2) is 22.6. The SMILES string of the molecule is CC(C)(C)C1CCC2OP(OC3C(C4CC(C(C)(C)C)CC(C(C)(C)C)C4OP4OC5CCC(C(C)(C)C)CC5C5CC(C(C)(C)C)CCC5O4)CC(C(C)(C)C)CC3C(C)(C)C)OC3CCC(C(C)(C)C)CC3C2C1. The highest BCUT2D eigenvalue weighted by molar-refractivity contribution is 7.42. The molecule has 2 aliphatic heterocycles. The molecular weight excluding hydrogens is 975 g/mol. The van der Waals surface area contributed by atoms with Crippen LogP contribution in [0.5, 0.6) is 0 Å². The van der Waals surface area contributed by atoms with Crippen LogP contribution in [-0.2, 0) is 27.1 Å². The molecule has 442 valence electrons. The Labute approximate surface area is 473 Å². The van der Waals surface area contributed by atoms with Crippen molar-refractivity contribution in [3.05, 3.63) is 0 Å². The molecule has 8 aliphatic rings. The van der Waals surface area contributed by atoms with Gasteiger partial charge >= 0.3 is 17.2 Å². The van der Waals surface area contributed by atoms with Gasteiger partial charge in [0.05, 0.1) is 36.6 Å². The molecule has 0 spiro atoms. The molecule has 0 bridgehead atoms. The van der Waals surface area contributed by atoms with Crippen molar-refractivity contribution in [1.29, 1.82) is 0 Å². The van der Waals surface area contributed by atoms with E-state index in [0.717, 1.165) is 51.4 Å². The fraction of sp³-hybridized carbons (Fsp3) is 1.00. The van der Waals surface area contributed by atoms with E-state index in [2.05, 4.69) is 166 Å². The smallest absolute Gasteiger partial charge is 0.309 e. The van der Waals surface area contributed by atoms with Crippen LogP contribution in [-0.4, -0.2) is 36.6 Å². The summed E-state index contributed by atoms with van der Waals surface area (Å²) in [6.07, 6.45) is 19.7. The summed E-state index contributed by atoms with van der Waals surface area (Å²) in [5.74, 6) is 7.18.